The Bertz CT molecular complexity index is 3270. The Hall–Kier alpha value is -7.01. The van der Waals surface area contributed by atoms with Crippen LogP contribution in [0, 0.1) is 0 Å². The lowest BCUT2D eigenvalue weighted by Crippen LogP contribution is -2.57. The molecule has 2 nitrogen and oxygen atoms in total. The topological polar surface area (TPSA) is 18.5 Å². The van der Waals surface area contributed by atoms with E-state index in [2.05, 4.69) is 283 Å². The average molecular weight is 985 g/mol. The molecule has 4 heteroatoms. The van der Waals surface area contributed by atoms with Gasteiger partial charge in [0.1, 0.15) is 23.0 Å². The molecule has 0 fully saturated rings. The third-order valence-corrected chi connectivity index (χ3v) is 19.2. The largest absolute Gasteiger partial charge is 0.458 e. The summed E-state index contributed by atoms with van der Waals surface area (Å²) >= 11 is 0. The van der Waals surface area contributed by atoms with Gasteiger partial charge in [-0.25, -0.2) is 0 Å². The van der Waals surface area contributed by atoms with Gasteiger partial charge < -0.3 is 9.47 Å². The Morgan fingerprint density at radius 1 is 0.284 bits per heavy atom. The van der Waals surface area contributed by atoms with Gasteiger partial charge in [-0.2, -0.15) is 0 Å². The zero-order valence-electron chi connectivity index (χ0n) is 45.4. The van der Waals surface area contributed by atoms with Crippen LogP contribution in [0.4, 0.5) is 0 Å². The minimum Gasteiger partial charge on any atom is -0.458 e. The summed E-state index contributed by atoms with van der Waals surface area (Å²) < 4.78 is 14.5. The van der Waals surface area contributed by atoms with Crippen LogP contribution in [0.1, 0.15) is 105 Å². The standard InChI is InChI=1S/C70H69BO2S/c1-67(2,3)52-35-49(36-53(44-52)68(4,5)6)47-31-33-60-62(40-47)72-64-42-51(46-23-22-30-59(39-46)74(56-24-16-13-17-25-56,57-26-18-14-19-27-57)58-28-20-15-21-29-58)43-65-66(64)71(60)61-34-32-48(41-63(61)73-65)50-37-54(69(7,8)9)45-55(38-50)70(10,11)12/h13-45H,1-12H3. The molecule has 0 spiro atoms. The van der Waals surface area contributed by atoms with E-state index in [1.54, 1.807) is 0 Å². The lowest BCUT2D eigenvalue weighted by Gasteiger charge is -2.42. The second kappa shape index (κ2) is 18.1. The van der Waals surface area contributed by atoms with Gasteiger partial charge in [-0.05, 0) is 161 Å². The van der Waals surface area contributed by atoms with Gasteiger partial charge in [0.2, 0.25) is 0 Å². The van der Waals surface area contributed by atoms with E-state index in [0.717, 1.165) is 61.6 Å². The van der Waals surface area contributed by atoms with Gasteiger partial charge in [0.25, 0.3) is 6.71 Å². The SMILES string of the molecule is CC(C)(C)c1cc(-c2ccc3c(c2)Oc2cc(-c4cccc(S(c5ccccc5)(c5ccccc5)c5ccccc5)c4)cc4c2B3c2ccc(-c3cc(C(C)(C)C)cc(C(C)(C)C)c3)cc2O4)cc(C(C)(C)C)c1. The van der Waals surface area contributed by atoms with E-state index in [1.807, 2.05) is 0 Å². The Labute approximate surface area is 443 Å². The van der Waals surface area contributed by atoms with Crippen molar-refractivity contribution in [2.45, 2.75) is 124 Å². The smallest absolute Gasteiger partial charge is 0.260 e. The summed E-state index contributed by atoms with van der Waals surface area (Å²) in [5.74, 6) is 3.40. The van der Waals surface area contributed by atoms with Crippen molar-refractivity contribution < 1.29 is 9.47 Å². The van der Waals surface area contributed by atoms with Crippen molar-refractivity contribution in [1.29, 1.82) is 0 Å². The molecule has 0 bridgehead atoms. The highest BCUT2D eigenvalue weighted by Gasteiger charge is 2.41. The van der Waals surface area contributed by atoms with Crippen molar-refractivity contribution in [3.05, 3.63) is 222 Å². The lowest BCUT2D eigenvalue weighted by atomic mass is 9.34. The second-order valence-electron chi connectivity index (χ2n) is 24.7. The van der Waals surface area contributed by atoms with Crippen molar-refractivity contribution in [3.63, 3.8) is 0 Å². The predicted octanol–water partition coefficient (Wildman–Crippen LogP) is 17.9. The normalized spacial score (nSPS) is 13.5. The summed E-state index contributed by atoms with van der Waals surface area (Å²) in [7, 11) is -1.93. The third kappa shape index (κ3) is 8.89. The van der Waals surface area contributed by atoms with E-state index in [0.29, 0.717) is 0 Å². The van der Waals surface area contributed by atoms with Gasteiger partial charge in [-0.1, -0.05) is 210 Å². The summed E-state index contributed by atoms with van der Waals surface area (Å²) in [5, 5.41) is 0. The quantitative estimate of drug-likeness (QED) is 0.148. The Balaban J connectivity index is 1.11. The van der Waals surface area contributed by atoms with Crippen LogP contribution in [0.15, 0.2) is 220 Å². The fourth-order valence-electron chi connectivity index (χ4n) is 10.9. The second-order valence-corrected chi connectivity index (χ2v) is 27.8. The van der Waals surface area contributed by atoms with Crippen LogP contribution in [0.5, 0.6) is 23.0 Å². The first-order valence-corrected chi connectivity index (χ1v) is 28.0. The molecule has 0 aliphatic carbocycles. The van der Waals surface area contributed by atoms with Crippen molar-refractivity contribution in [3.8, 4) is 56.4 Å². The molecular formula is C70H69BO2S. The van der Waals surface area contributed by atoms with Gasteiger partial charge in [0, 0.05) is 25.0 Å². The van der Waals surface area contributed by atoms with Crippen LogP contribution in [0.2, 0.25) is 0 Å². The number of hydrogen-bond donors (Lipinski definition) is 0. The van der Waals surface area contributed by atoms with Crippen LogP contribution in [-0.4, -0.2) is 6.71 Å². The maximum atomic E-state index is 7.27. The molecule has 0 aromatic heterocycles. The molecule has 0 N–H and O–H groups in total. The molecule has 2 aliphatic rings. The Morgan fingerprint density at radius 2 is 0.608 bits per heavy atom. The third-order valence-electron chi connectivity index (χ3n) is 15.3. The summed E-state index contributed by atoms with van der Waals surface area (Å²) in [6.07, 6.45) is 0. The zero-order valence-corrected chi connectivity index (χ0v) is 46.2. The van der Waals surface area contributed by atoms with Gasteiger partial charge in [0.05, 0.1) is 0 Å². The maximum Gasteiger partial charge on any atom is 0.260 e. The van der Waals surface area contributed by atoms with E-state index < -0.39 is 10.0 Å². The van der Waals surface area contributed by atoms with E-state index in [4.69, 9.17) is 9.47 Å². The molecule has 74 heavy (non-hydrogen) atoms. The molecule has 0 radical (unpaired) electrons. The molecule has 2 aliphatic heterocycles. The van der Waals surface area contributed by atoms with Gasteiger partial charge in [-0.15, -0.1) is 10.0 Å². The van der Waals surface area contributed by atoms with E-state index in [9.17, 15) is 0 Å². The monoisotopic (exact) mass is 985 g/mol. The highest BCUT2D eigenvalue weighted by atomic mass is 32.3. The Kier molecular flexibility index (Phi) is 12.1. The molecule has 370 valence electrons. The van der Waals surface area contributed by atoms with Gasteiger partial charge in [-0.3, -0.25) is 0 Å². The molecule has 0 atom stereocenters. The van der Waals surface area contributed by atoms with Gasteiger partial charge >= 0.3 is 0 Å². The highest BCUT2D eigenvalue weighted by Crippen LogP contribution is 2.73. The molecular weight excluding hydrogens is 916 g/mol. The molecule has 9 aromatic carbocycles. The van der Waals surface area contributed by atoms with Crippen molar-refractivity contribution in [2.24, 2.45) is 0 Å². The molecule has 0 saturated heterocycles. The molecule has 0 unspecified atom stereocenters. The number of rotatable bonds is 7. The zero-order chi connectivity index (χ0) is 52.0. The predicted molar refractivity (Wildman–Crippen MR) is 315 cm³/mol. The average Bonchev–Trinajstić information content (AvgIpc) is 3.38. The molecule has 0 amide bonds. The highest BCUT2D eigenvalue weighted by molar-refractivity contribution is 8.34. The molecule has 0 saturated carbocycles. The number of ether oxygens (including phenoxy) is 2. The fourth-order valence-corrected chi connectivity index (χ4v) is 14.8. The first-order valence-electron chi connectivity index (χ1n) is 26.4. The van der Waals surface area contributed by atoms with Crippen LogP contribution >= 0.6 is 10.0 Å². The van der Waals surface area contributed by atoms with E-state index in [1.165, 1.54) is 53.0 Å². The van der Waals surface area contributed by atoms with Gasteiger partial charge in [0.15, 0.2) is 0 Å². The van der Waals surface area contributed by atoms with Crippen molar-refractivity contribution in [1.82, 2.24) is 0 Å². The minimum absolute atomic E-state index is 0.0127. The minimum atomic E-state index is -1.93. The summed E-state index contributed by atoms with van der Waals surface area (Å²) in [6, 6.07) is 75.1. The first-order chi connectivity index (χ1) is 35.2. The van der Waals surface area contributed by atoms with Crippen LogP contribution in [0.3, 0.4) is 0 Å². The first kappa shape index (κ1) is 49.2. The van der Waals surface area contributed by atoms with Crippen LogP contribution in [-0.2, 0) is 21.7 Å². The summed E-state index contributed by atoms with van der Waals surface area (Å²) in [4.78, 5) is 5.12. The summed E-state index contributed by atoms with van der Waals surface area (Å²) in [6.45, 7) is 27.6. The van der Waals surface area contributed by atoms with E-state index >= 15 is 0 Å². The van der Waals surface area contributed by atoms with Crippen LogP contribution < -0.4 is 25.9 Å². The number of hydrogen-bond acceptors (Lipinski definition) is 2. The fraction of sp³-hybridized carbons (Fsp3) is 0.229. The lowest BCUT2D eigenvalue weighted by molar-refractivity contribution is 0.465. The molecule has 2 heterocycles. The summed E-state index contributed by atoms with van der Waals surface area (Å²) in [5.41, 5.74) is 15.5. The van der Waals surface area contributed by atoms with Crippen molar-refractivity contribution >= 4 is 33.1 Å². The molecule has 9 aromatic rings. The molecule has 11 rings (SSSR count). The maximum absolute atomic E-state index is 7.27. The number of fused-ring (bicyclic) bond motifs is 4. The van der Waals surface area contributed by atoms with E-state index in [-0.39, 0.29) is 28.4 Å². The van der Waals surface area contributed by atoms with Crippen LogP contribution in [0.25, 0.3) is 33.4 Å². The number of benzene rings is 9. The Morgan fingerprint density at radius 3 is 0.973 bits per heavy atom. The van der Waals surface area contributed by atoms with Crippen molar-refractivity contribution in [2.75, 3.05) is 0 Å².